The number of hydrogen-bond donors (Lipinski definition) is 0. The number of hydrogen-bond acceptors (Lipinski definition) is 4. The largest absolute Gasteiger partial charge is 0.309 e. The van der Waals surface area contributed by atoms with Gasteiger partial charge >= 0.3 is 0 Å². The SMILES string of the molecule is c1ccc(-c2nc(-c3ccccc3)nc(-c3cccc4c(-c5cc(-n6c7ccccc7c7ccccc76)cc6sc7ccccc7c56)cccc34)n2)cc1. The molecule has 0 aliphatic heterocycles. The molecule has 11 aromatic rings. The second-order valence-corrected chi connectivity index (χ2v) is 14.7. The van der Waals surface area contributed by atoms with Gasteiger partial charge in [0.25, 0.3) is 0 Å². The molecule has 0 radical (unpaired) electrons. The van der Waals surface area contributed by atoms with Gasteiger partial charge in [0.05, 0.1) is 11.0 Å². The third kappa shape index (κ3) is 4.86. The monoisotopic (exact) mass is 706 g/mol. The topological polar surface area (TPSA) is 43.6 Å². The van der Waals surface area contributed by atoms with E-state index < -0.39 is 0 Å². The maximum atomic E-state index is 5.12. The molecule has 3 aromatic heterocycles. The van der Waals surface area contributed by atoms with Gasteiger partial charge in [0.2, 0.25) is 0 Å². The third-order valence-electron chi connectivity index (χ3n) is 10.5. The van der Waals surface area contributed by atoms with Gasteiger partial charge in [0.15, 0.2) is 17.5 Å². The van der Waals surface area contributed by atoms with E-state index >= 15 is 0 Å². The second-order valence-electron chi connectivity index (χ2n) is 13.6. The first kappa shape index (κ1) is 30.7. The van der Waals surface area contributed by atoms with Gasteiger partial charge in [-0.15, -0.1) is 11.3 Å². The predicted octanol–water partition coefficient (Wildman–Crippen LogP) is 13.2. The number of benzene rings is 8. The molecule has 3 heterocycles. The first-order valence-electron chi connectivity index (χ1n) is 18.1. The van der Waals surface area contributed by atoms with Gasteiger partial charge in [-0.2, -0.15) is 0 Å². The van der Waals surface area contributed by atoms with Crippen LogP contribution in [0, 0.1) is 0 Å². The van der Waals surface area contributed by atoms with E-state index in [1.807, 2.05) is 47.7 Å². The van der Waals surface area contributed by atoms with E-state index in [0.29, 0.717) is 17.5 Å². The van der Waals surface area contributed by atoms with Crippen molar-refractivity contribution < 1.29 is 0 Å². The molecule has 54 heavy (non-hydrogen) atoms. The molecule has 0 aliphatic rings. The first-order valence-corrected chi connectivity index (χ1v) is 18.9. The number of rotatable bonds is 5. The number of aromatic nitrogens is 4. The van der Waals surface area contributed by atoms with Gasteiger partial charge in [-0.3, -0.25) is 0 Å². The van der Waals surface area contributed by atoms with Crippen molar-refractivity contribution in [2.45, 2.75) is 0 Å². The highest BCUT2D eigenvalue weighted by Gasteiger charge is 2.20. The van der Waals surface area contributed by atoms with Crippen LogP contribution in [0.4, 0.5) is 0 Å². The lowest BCUT2D eigenvalue weighted by atomic mass is 9.92. The zero-order chi connectivity index (χ0) is 35.6. The van der Waals surface area contributed by atoms with E-state index in [0.717, 1.165) is 33.2 Å². The fraction of sp³-hybridized carbons (Fsp3) is 0. The zero-order valence-corrected chi connectivity index (χ0v) is 29.8. The van der Waals surface area contributed by atoms with Gasteiger partial charge in [-0.25, -0.2) is 15.0 Å². The molecule has 0 bridgehead atoms. The Bertz CT molecular complexity index is 3110. The van der Waals surface area contributed by atoms with Crippen molar-refractivity contribution in [2.24, 2.45) is 0 Å². The van der Waals surface area contributed by atoms with Crippen molar-refractivity contribution in [3.05, 3.63) is 182 Å². The van der Waals surface area contributed by atoms with E-state index in [4.69, 9.17) is 15.0 Å². The lowest BCUT2D eigenvalue weighted by molar-refractivity contribution is 1.08. The molecule has 0 unspecified atom stereocenters. The Kier molecular flexibility index (Phi) is 7.00. The van der Waals surface area contributed by atoms with Crippen molar-refractivity contribution >= 4 is 64.1 Å². The molecule has 0 saturated carbocycles. The summed E-state index contributed by atoms with van der Waals surface area (Å²) in [6.45, 7) is 0. The molecular formula is C49H30N4S. The Morgan fingerprint density at radius 2 is 0.852 bits per heavy atom. The number of thiophene rings is 1. The molecule has 0 aliphatic carbocycles. The standard InChI is InChI=1S/C49H30N4S/c1-3-15-31(16-4-1)47-50-48(32-17-5-2-6-18-32)52-49(51-47)39-25-14-22-34-35(39)23-13-24-36(34)41-29-33(30-45-46(41)40-21-9-12-28-44(40)54-45)53-42-26-10-7-19-37(42)38-20-8-11-27-43(38)53/h1-30H. The molecule has 0 fully saturated rings. The summed E-state index contributed by atoms with van der Waals surface area (Å²) in [4.78, 5) is 15.2. The summed E-state index contributed by atoms with van der Waals surface area (Å²) in [5.41, 5.74) is 8.79. The smallest absolute Gasteiger partial charge is 0.164 e. The van der Waals surface area contributed by atoms with Crippen molar-refractivity contribution in [1.29, 1.82) is 0 Å². The molecule has 0 N–H and O–H groups in total. The molecule has 0 amide bonds. The summed E-state index contributed by atoms with van der Waals surface area (Å²) in [6, 6.07) is 64.5. The van der Waals surface area contributed by atoms with Crippen LogP contribution >= 0.6 is 11.3 Å². The van der Waals surface area contributed by atoms with Gasteiger partial charge in [-0.05, 0) is 52.2 Å². The van der Waals surface area contributed by atoms with E-state index in [2.05, 4.69) is 150 Å². The summed E-state index contributed by atoms with van der Waals surface area (Å²) in [7, 11) is 0. The molecule has 0 saturated heterocycles. The summed E-state index contributed by atoms with van der Waals surface area (Å²) < 4.78 is 4.97. The number of para-hydroxylation sites is 2. The minimum absolute atomic E-state index is 0.649. The lowest BCUT2D eigenvalue weighted by Crippen LogP contribution is -2.00. The highest BCUT2D eigenvalue weighted by Crippen LogP contribution is 2.45. The Hall–Kier alpha value is -6.95. The van der Waals surface area contributed by atoms with Crippen LogP contribution in [0.1, 0.15) is 0 Å². The minimum atomic E-state index is 0.649. The van der Waals surface area contributed by atoms with E-state index in [-0.39, 0.29) is 0 Å². The normalized spacial score (nSPS) is 11.7. The second kappa shape index (κ2) is 12.3. The van der Waals surface area contributed by atoms with Crippen LogP contribution in [0.2, 0.25) is 0 Å². The molecular weight excluding hydrogens is 677 g/mol. The van der Waals surface area contributed by atoms with Gasteiger partial charge < -0.3 is 4.57 Å². The van der Waals surface area contributed by atoms with E-state index in [1.54, 1.807) is 0 Å². The Morgan fingerprint density at radius 3 is 1.50 bits per heavy atom. The Balaban J connectivity index is 1.18. The minimum Gasteiger partial charge on any atom is -0.309 e. The quantitative estimate of drug-likeness (QED) is 0.179. The maximum Gasteiger partial charge on any atom is 0.164 e. The summed E-state index contributed by atoms with van der Waals surface area (Å²) >= 11 is 1.86. The number of nitrogens with zero attached hydrogens (tertiary/aromatic N) is 4. The third-order valence-corrected chi connectivity index (χ3v) is 11.6. The fourth-order valence-electron chi connectivity index (χ4n) is 8.05. The summed E-state index contributed by atoms with van der Waals surface area (Å²) in [6.07, 6.45) is 0. The predicted molar refractivity (Wildman–Crippen MR) is 226 cm³/mol. The summed E-state index contributed by atoms with van der Waals surface area (Å²) in [5, 5.41) is 7.29. The zero-order valence-electron chi connectivity index (χ0n) is 29.0. The van der Waals surface area contributed by atoms with Crippen molar-refractivity contribution in [3.8, 4) is 51.0 Å². The molecule has 0 atom stereocenters. The Morgan fingerprint density at radius 1 is 0.352 bits per heavy atom. The van der Waals surface area contributed by atoms with Gasteiger partial charge in [0.1, 0.15) is 0 Å². The molecule has 8 aromatic carbocycles. The van der Waals surface area contributed by atoms with Crippen LogP contribution in [0.5, 0.6) is 0 Å². The van der Waals surface area contributed by atoms with Crippen LogP contribution in [-0.2, 0) is 0 Å². The fourth-order valence-corrected chi connectivity index (χ4v) is 9.22. The van der Waals surface area contributed by atoms with Crippen LogP contribution in [0.25, 0.3) is 104 Å². The molecule has 0 spiro atoms. The first-order chi connectivity index (χ1) is 26.8. The Labute approximate surface area is 315 Å². The molecule has 252 valence electrons. The molecule has 4 nitrogen and oxygen atoms in total. The van der Waals surface area contributed by atoms with Crippen LogP contribution in [-0.4, -0.2) is 19.5 Å². The van der Waals surface area contributed by atoms with Crippen LogP contribution in [0.15, 0.2) is 182 Å². The molecule has 5 heteroatoms. The number of fused-ring (bicyclic) bond motifs is 7. The maximum absolute atomic E-state index is 5.12. The van der Waals surface area contributed by atoms with E-state index in [9.17, 15) is 0 Å². The van der Waals surface area contributed by atoms with E-state index in [1.165, 1.54) is 53.1 Å². The summed E-state index contributed by atoms with van der Waals surface area (Å²) in [5.74, 6) is 1.95. The van der Waals surface area contributed by atoms with Crippen LogP contribution in [0.3, 0.4) is 0 Å². The van der Waals surface area contributed by atoms with Crippen LogP contribution < -0.4 is 0 Å². The highest BCUT2D eigenvalue weighted by atomic mass is 32.1. The highest BCUT2D eigenvalue weighted by molar-refractivity contribution is 7.26. The lowest BCUT2D eigenvalue weighted by Gasteiger charge is -2.15. The van der Waals surface area contributed by atoms with Crippen molar-refractivity contribution in [2.75, 3.05) is 0 Å². The average Bonchev–Trinajstić information content (AvgIpc) is 3.79. The van der Waals surface area contributed by atoms with Crippen molar-refractivity contribution in [1.82, 2.24) is 19.5 Å². The average molecular weight is 707 g/mol. The van der Waals surface area contributed by atoms with Gasteiger partial charge in [0, 0.05) is 53.3 Å². The van der Waals surface area contributed by atoms with Crippen molar-refractivity contribution in [3.63, 3.8) is 0 Å². The molecule has 11 rings (SSSR count). The van der Waals surface area contributed by atoms with Gasteiger partial charge in [-0.1, -0.05) is 152 Å².